The van der Waals surface area contributed by atoms with Crippen LogP contribution < -0.4 is 14.2 Å². The van der Waals surface area contributed by atoms with E-state index in [0.717, 1.165) is 28.4 Å². The number of hydrogen-bond donors (Lipinski definition) is 2. The molecule has 2 aliphatic heterocycles. The zero-order valence-corrected chi connectivity index (χ0v) is 15.6. The maximum absolute atomic E-state index is 12.5. The van der Waals surface area contributed by atoms with E-state index in [1.165, 1.54) is 24.4 Å². The second kappa shape index (κ2) is 6.69. The average molecular weight is 420 g/mol. The van der Waals surface area contributed by atoms with E-state index >= 15 is 0 Å². The minimum Gasteiger partial charge on any atom is -0.504 e. The standard InChI is InChI=1S/C17H12N2O7S2/c20-12-3-4-13(21)19(12)6-5-10-8-11(16-17(15(10)22)26-9-25-16)18-28(23,24)14-2-1-7-27-14/h1-8,18,22H,9H2/b6-5+. The number of nitrogens with one attached hydrogen (secondary N) is 1. The summed E-state index contributed by atoms with van der Waals surface area (Å²) in [5.74, 6) is -1.36. The van der Waals surface area contributed by atoms with Crippen LogP contribution in [0.25, 0.3) is 6.08 Å². The van der Waals surface area contributed by atoms with Crippen molar-refractivity contribution in [2.75, 3.05) is 11.5 Å². The molecule has 0 saturated heterocycles. The monoisotopic (exact) mass is 420 g/mol. The Morgan fingerprint density at radius 3 is 2.57 bits per heavy atom. The Morgan fingerprint density at radius 1 is 1.18 bits per heavy atom. The lowest BCUT2D eigenvalue weighted by atomic mass is 10.1. The van der Waals surface area contributed by atoms with Crippen molar-refractivity contribution in [1.29, 1.82) is 0 Å². The smallest absolute Gasteiger partial charge is 0.271 e. The number of amides is 2. The molecule has 2 aliphatic rings. The molecule has 0 radical (unpaired) electrons. The SMILES string of the molecule is O=C1C=CC(=O)N1/C=C/c1cc(NS(=O)(=O)c2cccs2)c2c(c1O)OCO2. The molecule has 2 aromatic rings. The molecule has 4 rings (SSSR count). The number of phenols is 1. The van der Waals surface area contributed by atoms with Gasteiger partial charge in [-0.25, -0.2) is 8.42 Å². The quantitative estimate of drug-likeness (QED) is 0.559. The van der Waals surface area contributed by atoms with Gasteiger partial charge in [-0.3, -0.25) is 19.2 Å². The summed E-state index contributed by atoms with van der Waals surface area (Å²) in [6.07, 6.45) is 4.71. The first kappa shape index (κ1) is 18.1. The van der Waals surface area contributed by atoms with E-state index in [1.807, 2.05) is 0 Å². The zero-order valence-electron chi connectivity index (χ0n) is 14.0. The van der Waals surface area contributed by atoms with Crippen LogP contribution in [0, 0.1) is 0 Å². The van der Waals surface area contributed by atoms with Crippen LogP contribution in [0.5, 0.6) is 17.2 Å². The summed E-state index contributed by atoms with van der Waals surface area (Å²) in [6, 6.07) is 4.37. The van der Waals surface area contributed by atoms with E-state index in [4.69, 9.17) is 9.47 Å². The number of benzene rings is 1. The van der Waals surface area contributed by atoms with Gasteiger partial charge in [-0.05, 0) is 23.6 Å². The Balaban J connectivity index is 1.72. The molecular formula is C17H12N2O7S2. The molecule has 2 amide bonds. The van der Waals surface area contributed by atoms with Gasteiger partial charge in [0.1, 0.15) is 4.21 Å². The van der Waals surface area contributed by atoms with Crippen LogP contribution in [0.4, 0.5) is 5.69 Å². The topological polar surface area (TPSA) is 122 Å². The molecule has 3 heterocycles. The molecule has 2 N–H and O–H groups in total. The summed E-state index contributed by atoms with van der Waals surface area (Å²) in [4.78, 5) is 24.1. The number of thiophene rings is 1. The van der Waals surface area contributed by atoms with Gasteiger partial charge in [0.25, 0.3) is 21.8 Å². The third-order valence-electron chi connectivity index (χ3n) is 3.90. The van der Waals surface area contributed by atoms with Crippen molar-refractivity contribution in [1.82, 2.24) is 4.90 Å². The van der Waals surface area contributed by atoms with E-state index in [-0.39, 0.29) is 39.5 Å². The molecule has 1 aromatic carbocycles. The number of nitrogens with zero attached hydrogens (tertiary/aromatic N) is 1. The highest BCUT2D eigenvalue weighted by Crippen LogP contribution is 2.48. The van der Waals surface area contributed by atoms with Gasteiger partial charge in [0.15, 0.2) is 11.5 Å². The van der Waals surface area contributed by atoms with Crippen molar-refractivity contribution in [2.24, 2.45) is 0 Å². The number of phenolic OH excluding ortho intramolecular Hbond substituents is 1. The molecular weight excluding hydrogens is 408 g/mol. The highest BCUT2D eigenvalue weighted by Gasteiger charge is 2.28. The summed E-state index contributed by atoms with van der Waals surface area (Å²) in [5.41, 5.74) is 0.177. The Labute approximate surface area is 163 Å². The molecule has 0 atom stereocenters. The minimum atomic E-state index is -3.87. The number of fused-ring (bicyclic) bond motifs is 1. The summed E-state index contributed by atoms with van der Waals surface area (Å²) >= 11 is 1.04. The number of hydrogen-bond acceptors (Lipinski definition) is 8. The number of anilines is 1. The molecule has 1 aromatic heterocycles. The fourth-order valence-electron chi connectivity index (χ4n) is 2.60. The first-order chi connectivity index (χ1) is 13.4. The largest absolute Gasteiger partial charge is 0.504 e. The maximum atomic E-state index is 12.5. The Bertz CT molecular complexity index is 1120. The van der Waals surface area contributed by atoms with Gasteiger partial charge in [0.2, 0.25) is 12.5 Å². The number of ether oxygens (including phenoxy) is 2. The first-order valence-electron chi connectivity index (χ1n) is 7.82. The van der Waals surface area contributed by atoms with Crippen molar-refractivity contribution >= 4 is 44.9 Å². The molecule has 0 unspecified atom stereocenters. The number of aromatic hydroxyl groups is 1. The van der Waals surface area contributed by atoms with Gasteiger partial charge in [-0.2, -0.15) is 0 Å². The molecule has 0 saturated carbocycles. The Kier molecular flexibility index (Phi) is 4.32. The molecule has 0 bridgehead atoms. The van der Waals surface area contributed by atoms with Gasteiger partial charge in [-0.15, -0.1) is 11.3 Å². The summed E-state index contributed by atoms with van der Waals surface area (Å²) in [7, 11) is -3.87. The number of carbonyl (C=O) groups excluding carboxylic acids is 2. The fraction of sp³-hybridized carbons (Fsp3) is 0.0588. The predicted octanol–water partition coefficient (Wildman–Crippen LogP) is 1.88. The van der Waals surface area contributed by atoms with Gasteiger partial charge >= 0.3 is 0 Å². The second-order valence-corrected chi connectivity index (χ2v) is 8.52. The first-order valence-corrected chi connectivity index (χ1v) is 10.2. The number of carbonyl (C=O) groups is 2. The van der Waals surface area contributed by atoms with Crippen molar-refractivity contribution < 1.29 is 32.6 Å². The molecule has 0 fully saturated rings. The highest BCUT2D eigenvalue weighted by molar-refractivity contribution is 7.94. The third kappa shape index (κ3) is 3.10. The summed E-state index contributed by atoms with van der Waals surface area (Å²) < 4.78 is 38.1. The molecule has 0 aliphatic carbocycles. The minimum absolute atomic E-state index is 0.0387. The fourth-order valence-corrected chi connectivity index (χ4v) is 4.65. The lowest BCUT2D eigenvalue weighted by Crippen LogP contribution is -2.23. The number of sulfonamides is 1. The van der Waals surface area contributed by atoms with Crippen LogP contribution in [-0.4, -0.2) is 37.0 Å². The van der Waals surface area contributed by atoms with Crippen molar-refractivity contribution in [3.8, 4) is 17.2 Å². The molecule has 9 nitrogen and oxygen atoms in total. The summed E-state index contributed by atoms with van der Waals surface area (Å²) in [5, 5.41) is 12.0. The van der Waals surface area contributed by atoms with Crippen molar-refractivity contribution in [3.63, 3.8) is 0 Å². The summed E-state index contributed by atoms with van der Waals surface area (Å²) in [6.45, 7) is -0.198. The lowest BCUT2D eigenvalue weighted by molar-refractivity contribution is -0.133. The number of rotatable bonds is 5. The molecule has 28 heavy (non-hydrogen) atoms. The molecule has 144 valence electrons. The van der Waals surface area contributed by atoms with E-state index in [9.17, 15) is 23.1 Å². The lowest BCUT2D eigenvalue weighted by Gasteiger charge is -2.12. The zero-order chi connectivity index (χ0) is 19.9. The van der Waals surface area contributed by atoms with Gasteiger partial charge in [-0.1, -0.05) is 6.07 Å². The normalized spacial score (nSPS) is 15.8. The maximum Gasteiger partial charge on any atom is 0.271 e. The van der Waals surface area contributed by atoms with Gasteiger partial charge in [0.05, 0.1) is 5.69 Å². The second-order valence-electron chi connectivity index (χ2n) is 5.66. The molecule has 11 heteroatoms. The van der Waals surface area contributed by atoms with Crippen LogP contribution in [0.15, 0.2) is 46.1 Å². The van der Waals surface area contributed by atoms with Crippen LogP contribution >= 0.6 is 11.3 Å². The number of imide groups is 1. The Hall–Kier alpha value is -3.31. The van der Waals surface area contributed by atoms with E-state index in [2.05, 4.69) is 4.72 Å². The highest BCUT2D eigenvalue weighted by atomic mass is 32.2. The van der Waals surface area contributed by atoms with Crippen molar-refractivity contribution in [2.45, 2.75) is 4.21 Å². The Morgan fingerprint density at radius 2 is 1.89 bits per heavy atom. The third-order valence-corrected chi connectivity index (χ3v) is 6.66. The van der Waals surface area contributed by atoms with Crippen LogP contribution in [0.3, 0.4) is 0 Å². The predicted molar refractivity (Wildman–Crippen MR) is 99.4 cm³/mol. The van der Waals surface area contributed by atoms with E-state index in [0.29, 0.717) is 0 Å². The van der Waals surface area contributed by atoms with E-state index in [1.54, 1.807) is 11.4 Å². The van der Waals surface area contributed by atoms with Gasteiger partial charge < -0.3 is 14.6 Å². The molecule has 0 spiro atoms. The average Bonchev–Trinajstić information content (AvgIpc) is 3.39. The van der Waals surface area contributed by atoms with E-state index < -0.39 is 21.8 Å². The van der Waals surface area contributed by atoms with Gasteiger partial charge in [0, 0.05) is 23.9 Å². The van der Waals surface area contributed by atoms with Crippen LogP contribution in [-0.2, 0) is 19.6 Å². The van der Waals surface area contributed by atoms with Crippen LogP contribution in [0.1, 0.15) is 5.56 Å². The van der Waals surface area contributed by atoms with Crippen LogP contribution in [0.2, 0.25) is 0 Å². The van der Waals surface area contributed by atoms with Crippen molar-refractivity contribution in [3.05, 3.63) is 47.5 Å².